The van der Waals surface area contributed by atoms with Crippen molar-refractivity contribution in [2.45, 2.75) is 32.2 Å². The van der Waals surface area contributed by atoms with Crippen molar-refractivity contribution >= 4 is 17.5 Å². The Bertz CT molecular complexity index is 476. The maximum atomic E-state index is 11.7. The van der Waals surface area contributed by atoms with Crippen LogP contribution in [-0.2, 0) is 9.59 Å². The molecule has 1 aliphatic rings. The second kappa shape index (κ2) is 7.78. The van der Waals surface area contributed by atoms with E-state index < -0.39 is 11.8 Å². The molecule has 1 saturated heterocycles. The Labute approximate surface area is 125 Å². The van der Waals surface area contributed by atoms with E-state index in [-0.39, 0.29) is 0 Å². The van der Waals surface area contributed by atoms with Gasteiger partial charge in [0.15, 0.2) is 0 Å². The Kier molecular flexibility index (Phi) is 5.75. The minimum absolute atomic E-state index is 0.505. The van der Waals surface area contributed by atoms with Crippen molar-refractivity contribution in [3.8, 4) is 0 Å². The molecule has 1 aromatic rings. The fraction of sp³-hybridized carbons (Fsp3) is 0.500. The second-order valence-electron chi connectivity index (χ2n) is 5.46. The van der Waals surface area contributed by atoms with Crippen molar-refractivity contribution in [1.29, 1.82) is 0 Å². The average Bonchev–Trinajstić information content (AvgIpc) is 2.50. The molecule has 5 nitrogen and oxygen atoms in total. The van der Waals surface area contributed by atoms with E-state index >= 15 is 0 Å². The molecule has 0 saturated carbocycles. The molecule has 1 atom stereocenters. The lowest BCUT2D eigenvalue weighted by atomic mass is 10.0. The van der Waals surface area contributed by atoms with Crippen LogP contribution in [-0.4, -0.2) is 42.4 Å². The molecular weight excluding hydrogens is 266 g/mol. The second-order valence-corrected chi connectivity index (χ2v) is 5.46. The van der Waals surface area contributed by atoms with E-state index in [0.717, 1.165) is 13.1 Å². The predicted octanol–water partition coefficient (Wildman–Crippen LogP) is 1.62. The van der Waals surface area contributed by atoms with Crippen molar-refractivity contribution in [3.63, 3.8) is 0 Å². The van der Waals surface area contributed by atoms with Crippen LogP contribution in [0.25, 0.3) is 0 Å². The third kappa shape index (κ3) is 4.86. The summed E-state index contributed by atoms with van der Waals surface area (Å²) in [6.07, 6.45) is 3.71. The number of nitrogens with one attached hydrogen (secondary N) is 2. The number of nitrogens with zero attached hydrogens (tertiary/aromatic N) is 1. The molecule has 1 fully saturated rings. The molecular formula is C16H23N3O2. The number of likely N-dealkylation sites (tertiary alicyclic amines) is 1. The summed E-state index contributed by atoms with van der Waals surface area (Å²) in [6.45, 7) is 4.59. The standard InChI is InChI=1S/C16H23N3O2/c1-13-7-5-6-11-19(13)12-10-17-15(20)16(21)18-14-8-3-2-4-9-14/h2-4,8-9,13H,5-7,10-12H2,1H3,(H,17,20)(H,18,21). The van der Waals surface area contributed by atoms with Crippen LogP contribution in [0.2, 0.25) is 0 Å². The van der Waals surface area contributed by atoms with Crippen LogP contribution in [0.1, 0.15) is 26.2 Å². The Morgan fingerprint density at radius 3 is 2.67 bits per heavy atom. The van der Waals surface area contributed by atoms with E-state index in [9.17, 15) is 9.59 Å². The van der Waals surface area contributed by atoms with E-state index in [0.29, 0.717) is 18.3 Å². The van der Waals surface area contributed by atoms with Crippen molar-refractivity contribution in [1.82, 2.24) is 10.2 Å². The van der Waals surface area contributed by atoms with Crippen molar-refractivity contribution in [2.24, 2.45) is 0 Å². The van der Waals surface area contributed by atoms with Gasteiger partial charge >= 0.3 is 11.8 Å². The first-order valence-electron chi connectivity index (χ1n) is 7.55. The summed E-state index contributed by atoms with van der Waals surface area (Å²) in [5.74, 6) is -1.20. The Morgan fingerprint density at radius 1 is 1.19 bits per heavy atom. The van der Waals surface area contributed by atoms with Crippen molar-refractivity contribution in [3.05, 3.63) is 30.3 Å². The van der Waals surface area contributed by atoms with Gasteiger partial charge in [-0.3, -0.25) is 14.5 Å². The van der Waals surface area contributed by atoms with Gasteiger partial charge in [-0.1, -0.05) is 24.6 Å². The first-order valence-corrected chi connectivity index (χ1v) is 7.55. The Morgan fingerprint density at radius 2 is 1.95 bits per heavy atom. The minimum atomic E-state index is -0.618. The highest BCUT2D eigenvalue weighted by Crippen LogP contribution is 2.15. The quantitative estimate of drug-likeness (QED) is 0.828. The topological polar surface area (TPSA) is 61.4 Å². The number of rotatable bonds is 4. The minimum Gasteiger partial charge on any atom is -0.347 e. The number of hydrogen-bond acceptors (Lipinski definition) is 3. The van der Waals surface area contributed by atoms with Gasteiger partial charge in [0.1, 0.15) is 0 Å². The van der Waals surface area contributed by atoms with Crippen LogP contribution in [0.3, 0.4) is 0 Å². The molecule has 0 aromatic heterocycles. The number of benzene rings is 1. The summed E-state index contributed by atoms with van der Waals surface area (Å²) in [7, 11) is 0. The molecule has 2 rings (SSSR count). The van der Waals surface area contributed by atoms with Crippen LogP contribution >= 0.6 is 0 Å². The van der Waals surface area contributed by atoms with Gasteiger partial charge in [-0.05, 0) is 38.4 Å². The zero-order valence-electron chi connectivity index (χ0n) is 12.5. The normalized spacial score (nSPS) is 19.0. The zero-order chi connectivity index (χ0) is 15.1. The summed E-state index contributed by atoms with van der Waals surface area (Å²) in [5.41, 5.74) is 0.627. The summed E-state index contributed by atoms with van der Waals surface area (Å²) in [5, 5.41) is 5.25. The van der Waals surface area contributed by atoms with Crippen LogP contribution in [0.5, 0.6) is 0 Å². The van der Waals surface area contributed by atoms with E-state index in [4.69, 9.17) is 0 Å². The van der Waals surface area contributed by atoms with Crippen LogP contribution in [0.4, 0.5) is 5.69 Å². The maximum Gasteiger partial charge on any atom is 0.313 e. The van der Waals surface area contributed by atoms with Gasteiger partial charge in [0.2, 0.25) is 0 Å². The molecule has 1 aliphatic heterocycles. The van der Waals surface area contributed by atoms with E-state index in [1.54, 1.807) is 12.1 Å². The number of anilines is 1. The molecule has 1 aromatic carbocycles. The predicted molar refractivity (Wildman–Crippen MR) is 83.0 cm³/mol. The van der Waals surface area contributed by atoms with Gasteiger partial charge in [-0.15, -0.1) is 0 Å². The highest BCUT2D eigenvalue weighted by atomic mass is 16.2. The van der Waals surface area contributed by atoms with Crippen LogP contribution < -0.4 is 10.6 Å². The number of carbonyl (C=O) groups excluding carboxylic acids is 2. The fourth-order valence-corrected chi connectivity index (χ4v) is 2.59. The van der Waals surface area contributed by atoms with Gasteiger partial charge in [-0.2, -0.15) is 0 Å². The molecule has 114 valence electrons. The molecule has 1 unspecified atom stereocenters. The molecule has 0 aliphatic carbocycles. The molecule has 2 N–H and O–H groups in total. The molecule has 21 heavy (non-hydrogen) atoms. The van der Waals surface area contributed by atoms with Crippen LogP contribution in [0.15, 0.2) is 30.3 Å². The zero-order valence-corrected chi connectivity index (χ0v) is 12.5. The molecule has 0 spiro atoms. The highest BCUT2D eigenvalue weighted by molar-refractivity contribution is 6.39. The smallest absolute Gasteiger partial charge is 0.313 e. The third-order valence-corrected chi connectivity index (χ3v) is 3.86. The van der Waals surface area contributed by atoms with Gasteiger partial charge in [0.05, 0.1) is 0 Å². The monoisotopic (exact) mass is 289 g/mol. The molecule has 2 amide bonds. The first-order chi connectivity index (χ1) is 10.2. The molecule has 1 heterocycles. The van der Waals surface area contributed by atoms with Gasteiger partial charge in [0.25, 0.3) is 0 Å². The summed E-state index contributed by atoms with van der Waals surface area (Å²) in [6, 6.07) is 9.54. The average molecular weight is 289 g/mol. The summed E-state index contributed by atoms with van der Waals surface area (Å²) >= 11 is 0. The van der Waals surface area contributed by atoms with Crippen molar-refractivity contribution in [2.75, 3.05) is 25.0 Å². The number of para-hydroxylation sites is 1. The molecule has 0 bridgehead atoms. The third-order valence-electron chi connectivity index (χ3n) is 3.86. The molecule has 5 heteroatoms. The highest BCUT2D eigenvalue weighted by Gasteiger charge is 2.18. The number of piperidine rings is 1. The Hall–Kier alpha value is -1.88. The number of hydrogen-bond donors (Lipinski definition) is 2. The summed E-state index contributed by atoms with van der Waals surface area (Å²) < 4.78 is 0. The van der Waals surface area contributed by atoms with E-state index in [1.165, 1.54) is 19.3 Å². The molecule has 0 radical (unpaired) electrons. The summed E-state index contributed by atoms with van der Waals surface area (Å²) in [4.78, 5) is 25.8. The van der Waals surface area contributed by atoms with Gasteiger partial charge in [-0.25, -0.2) is 0 Å². The van der Waals surface area contributed by atoms with Gasteiger partial charge in [0, 0.05) is 24.8 Å². The Balaban J connectivity index is 1.70. The lowest BCUT2D eigenvalue weighted by Gasteiger charge is -2.33. The van der Waals surface area contributed by atoms with E-state index in [1.807, 2.05) is 18.2 Å². The fourth-order valence-electron chi connectivity index (χ4n) is 2.59. The number of carbonyl (C=O) groups is 2. The largest absolute Gasteiger partial charge is 0.347 e. The lowest BCUT2D eigenvalue weighted by molar-refractivity contribution is -0.136. The first kappa shape index (κ1) is 15.5. The lowest BCUT2D eigenvalue weighted by Crippen LogP contribution is -2.44. The van der Waals surface area contributed by atoms with E-state index in [2.05, 4.69) is 22.5 Å². The van der Waals surface area contributed by atoms with Crippen LogP contribution in [0, 0.1) is 0 Å². The van der Waals surface area contributed by atoms with Gasteiger partial charge < -0.3 is 10.6 Å². The maximum absolute atomic E-state index is 11.7. The number of amides is 2. The SMILES string of the molecule is CC1CCCCN1CCNC(=O)C(=O)Nc1ccccc1. The van der Waals surface area contributed by atoms with Crippen molar-refractivity contribution < 1.29 is 9.59 Å².